The fourth-order valence-electron chi connectivity index (χ4n) is 1.93. The lowest BCUT2D eigenvalue weighted by Crippen LogP contribution is -2.47. The van der Waals surface area contributed by atoms with E-state index in [1.54, 1.807) is 19.1 Å². The molecule has 1 aromatic carbocycles. The van der Waals surface area contributed by atoms with E-state index < -0.39 is 0 Å². The van der Waals surface area contributed by atoms with Crippen LogP contribution in [0.25, 0.3) is 0 Å². The summed E-state index contributed by atoms with van der Waals surface area (Å²) in [5.74, 6) is -0.312. The first-order valence-corrected chi connectivity index (χ1v) is 7.07. The van der Waals surface area contributed by atoms with Crippen molar-refractivity contribution in [2.45, 2.75) is 32.9 Å². The van der Waals surface area contributed by atoms with Gasteiger partial charge in [-0.3, -0.25) is 5.01 Å². The van der Waals surface area contributed by atoms with Crippen molar-refractivity contribution in [1.82, 2.24) is 10.7 Å². The largest absolute Gasteiger partial charge is 0.462 e. The predicted molar refractivity (Wildman–Crippen MR) is 82.4 cm³/mol. The number of carbonyl (C=O) groups excluding carboxylic acids is 1. The van der Waals surface area contributed by atoms with Crippen molar-refractivity contribution in [3.05, 3.63) is 29.8 Å². The van der Waals surface area contributed by atoms with E-state index in [2.05, 4.69) is 17.7 Å². The summed E-state index contributed by atoms with van der Waals surface area (Å²) in [6.07, 6.45) is 0.893. The molecule has 1 heterocycles. The fourth-order valence-corrected chi connectivity index (χ4v) is 2.30. The number of esters is 1. The number of nitrogens with one attached hydrogen (secondary N) is 2. The first kappa shape index (κ1) is 14.7. The maximum Gasteiger partial charge on any atom is 0.338 e. The Labute approximate surface area is 124 Å². The second kappa shape index (κ2) is 5.76. The molecule has 0 bridgehead atoms. The van der Waals surface area contributed by atoms with E-state index in [0.717, 1.165) is 12.1 Å². The Morgan fingerprint density at radius 2 is 2.00 bits per heavy atom. The zero-order valence-corrected chi connectivity index (χ0v) is 12.7. The molecule has 0 aliphatic carbocycles. The zero-order chi connectivity index (χ0) is 14.8. The third-order valence-corrected chi connectivity index (χ3v) is 3.57. The van der Waals surface area contributed by atoms with Gasteiger partial charge in [0.05, 0.1) is 17.9 Å². The second-order valence-electron chi connectivity index (χ2n) is 4.83. The Balaban J connectivity index is 2.15. The molecule has 1 aliphatic heterocycles. The van der Waals surface area contributed by atoms with Gasteiger partial charge in [0.2, 0.25) is 0 Å². The van der Waals surface area contributed by atoms with E-state index in [9.17, 15) is 4.79 Å². The minimum atomic E-state index is -0.312. The topological polar surface area (TPSA) is 53.6 Å². The molecule has 6 heteroatoms. The van der Waals surface area contributed by atoms with Gasteiger partial charge in [-0.05, 0) is 56.8 Å². The highest BCUT2D eigenvalue weighted by molar-refractivity contribution is 7.80. The van der Waals surface area contributed by atoms with Crippen LogP contribution in [0.3, 0.4) is 0 Å². The Bertz CT molecular complexity index is 518. The zero-order valence-electron chi connectivity index (χ0n) is 11.9. The van der Waals surface area contributed by atoms with E-state index in [4.69, 9.17) is 17.0 Å². The normalized spacial score (nSPS) is 21.8. The first-order valence-electron chi connectivity index (χ1n) is 6.66. The molecule has 2 rings (SSSR count). The van der Waals surface area contributed by atoms with Gasteiger partial charge in [-0.15, -0.1) is 0 Å². The van der Waals surface area contributed by atoms with Gasteiger partial charge < -0.3 is 10.1 Å². The standard InChI is InChI=1S/C14H19N3O2S/c1-4-14(3)15-13(20)17(16-14)11-8-6-10(7-9-11)12(18)19-5-2/h6-9,16H,4-5H2,1-3H3,(H,15,20). The molecule has 0 saturated carbocycles. The van der Waals surface area contributed by atoms with Gasteiger partial charge in [0, 0.05) is 0 Å². The number of carbonyl (C=O) groups is 1. The number of rotatable bonds is 4. The highest BCUT2D eigenvalue weighted by atomic mass is 32.1. The summed E-state index contributed by atoms with van der Waals surface area (Å²) in [4.78, 5) is 11.6. The number of hydrogen-bond donors (Lipinski definition) is 2. The van der Waals surface area contributed by atoms with E-state index in [1.165, 1.54) is 0 Å². The molecule has 108 valence electrons. The van der Waals surface area contributed by atoms with Gasteiger partial charge in [-0.2, -0.15) is 0 Å². The minimum absolute atomic E-state index is 0.239. The van der Waals surface area contributed by atoms with Crippen molar-refractivity contribution in [2.24, 2.45) is 0 Å². The van der Waals surface area contributed by atoms with E-state index >= 15 is 0 Å². The maximum atomic E-state index is 11.6. The molecular formula is C14H19N3O2S. The Hall–Kier alpha value is -1.66. The molecule has 0 radical (unpaired) electrons. The smallest absolute Gasteiger partial charge is 0.338 e. The van der Waals surface area contributed by atoms with E-state index in [1.807, 2.05) is 24.1 Å². The number of hydrogen-bond acceptors (Lipinski definition) is 4. The Morgan fingerprint density at radius 3 is 2.50 bits per heavy atom. The highest BCUT2D eigenvalue weighted by Gasteiger charge is 2.34. The van der Waals surface area contributed by atoms with Crippen LogP contribution in [-0.4, -0.2) is 23.4 Å². The summed E-state index contributed by atoms with van der Waals surface area (Å²) in [6, 6.07) is 7.15. The van der Waals surface area contributed by atoms with Crippen molar-refractivity contribution in [3.63, 3.8) is 0 Å². The number of benzene rings is 1. The summed E-state index contributed by atoms with van der Waals surface area (Å²) >= 11 is 5.32. The first-order chi connectivity index (χ1) is 9.49. The van der Waals surface area contributed by atoms with Crippen molar-refractivity contribution < 1.29 is 9.53 Å². The lowest BCUT2D eigenvalue weighted by atomic mass is 10.2. The molecule has 2 N–H and O–H groups in total. The Morgan fingerprint density at radius 1 is 1.35 bits per heavy atom. The van der Waals surface area contributed by atoms with Gasteiger partial charge >= 0.3 is 5.97 Å². The number of anilines is 1. The highest BCUT2D eigenvalue weighted by Crippen LogP contribution is 2.21. The molecule has 1 fully saturated rings. The van der Waals surface area contributed by atoms with Gasteiger partial charge in [0.15, 0.2) is 5.11 Å². The summed E-state index contributed by atoms with van der Waals surface area (Å²) in [7, 11) is 0. The summed E-state index contributed by atoms with van der Waals surface area (Å²) in [6.45, 7) is 6.29. The van der Waals surface area contributed by atoms with Crippen molar-refractivity contribution >= 4 is 29.0 Å². The number of thiocarbonyl (C=S) groups is 1. The van der Waals surface area contributed by atoms with Crippen LogP contribution in [0, 0.1) is 0 Å². The lowest BCUT2D eigenvalue weighted by molar-refractivity contribution is 0.0526. The van der Waals surface area contributed by atoms with Gasteiger partial charge in [0.25, 0.3) is 0 Å². The van der Waals surface area contributed by atoms with Crippen LogP contribution in [0.1, 0.15) is 37.6 Å². The summed E-state index contributed by atoms with van der Waals surface area (Å²) in [5, 5.41) is 5.68. The molecule has 1 aromatic rings. The average Bonchev–Trinajstić information content (AvgIpc) is 2.75. The molecule has 0 amide bonds. The number of hydrazine groups is 1. The van der Waals surface area contributed by atoms with Gasteiger partial charge in [0.1, 0.15) is 5.66 Å². The van der Waals surface area contributed by atoms with Gasteiger partial charge in [-0.1, -0.05) is 6.92 Å². The Kier molecular flexibility index (Phi) is 4.25. The molecule has 1 aliphatic rings. The molecule has 0 aromatic heterocycles. The predicted octanol–water partition coefficient (Wildman–Crippen LogP) is 2.19. The second-order valence-corrected chi connectivity index (χ2v) is 5.22. The van der Waals surface area contributed by atoms with Crippen LogP contribution in [-0.2, 0) is 4.74 Å². The fraction of sp³-hybridized carbons (Fsp3) is 0.429. The van der Waals surface area contributed by atoms with Gasteiger partial charge in [-0.25, -0.2) is 10.2 Å². The minimum Gasteiger partial charge on any atom is -0.462 e. The molecule has 20 heavy (non-hydrogen) atoms. The van der Waals surface area contributed by atoms with Crippen LogP contribution in [0.15, 0.2) is 24.3 Å². The van der Waals surface area contributed by atoms with E-state index in [0.29, 0.717) is 17.3 Å². The molecule has 1 atom stereocenters. The molecule has 1 unspecified atom stereocenters. The molecule has 0 spiro atoms. The lowest BCUT2D eigenvalue weighted by Gasteiger charge is -2.23. The van der Waals surface area contributed by atoms with Crippen LogP contribution < -0.4 is 15.8 Å². The average molecular weight is 293 g/mol. The van der Waals surface area contributed by atoms with E-state index in [-0.39, 0.29) is 11.6 Å². The quantitative estimate of drug-likeness (QED) is 0.655. The monoisotopic (exact) mass is 293 g/mol. The SMILES string of the molecule is CCOC(=O)c1ccc(N2NC(C)(CC)NC2=S)cc1. The summed E-state index contributed by atoms with van der Waals surface area (Å²) < 4.78 is 4.96. The van der Waals surface area contributed by atoms with Crippen LogP contribution in [0.5, 0.6) is 0 Å². The van der Waals surface area contributed by atoms with Crippen LogP contribution in [0.4, 0.5) is 5.69 Å². The number of nitrogens with zero attached hydrogens (tertiary/aromatic N) is 1. The summed E-state index contributed by atoms with van der Waals surface area (Å²) in [5.41, 5.74) is 4.50. The van der Waals surface area contributed by atoms with Crippen molar-refractivity contribution in [1.29, 1.82) is 0 Å². The third-order valence-electron chi connectivity index (χ3n) is 3.29. The van der Waals surface area contributed by atoms with Crippen LogP contribution in [0.2, 0.25) is 0 Å². The number of ether oxygens (including phenoxy) is 1. The molecule has 5 nitrogen and oxygen atoms in total. The maximum absolute atomic E-state index is 11.6. The third kappa shape index (κ3) is 2.91. The molecule has 1 saturated heterocycles. The van der Waals surface area contributed by atoms with Crippen molar-refractivity contribution in [3.8, 4) is 0 Å². The molecular weight excluding hydrogens is 274 g/mol. The van der Waals surface area contributed by atoms with Crippen LogP contribution >= 0.6 is 12.2 Å². The van der Waals surface area contributed by atoms with Crippen molar-refractivity contribution in [2.75, 3.05) is 11.6 Å².